The molecule has 0 unspecified atom stereocenters. The van der Waals surface area contributed by atoms with E-state index in [4.69, 9.17) is 4.74 Å². The average molecular weight is 143 g/mol. The molecular formula is C8H17NO. The van der Waals surface area contributed by atoms with E-state index < -0.39 is 0 Å². The molecule has 0 aliphatic carbocycles. The third kappa shape index (κ3) is 2.67. The Hall–Kier alpha value is -0.0800. The van der Waals surface area contributed by atoms with Gasteiger partial charge >= 0.3 is 0 Å². The molecule has 1 heterocycles. The summed E-state index contributed by atoms with van der Waals surface area (Å²) in [5.74, 6) is 0. The lowest BCUT2D eigenvalue weighted by atomic mass is 10.2. The van der Waals surface area contributed by atoms with E-state index in [2.05, 4.69) is 18.7 Å². The first-order valence-corrected chi connectivity index (χ1v) is 4.13. The van der Waals surface area contributed by atoms with Crippen LogP contribution in [0.5, 0.6) is 0 Å². The molecule has 1 saturated heterocycles. The van der Waals surface area contributed by atoms with Crippen LogP contribution in [0.1, 0.15) is 20.3 Å². The van der Waals surface area contributed by atoms with E-state index in [-0.39, 0.29) is 0 Å². The van der Waals surface area contributed by atoms with Crippen LogP contribution in [-0.4, -0.2) is 37.2 Å². The normalized spacial score (nSPS) is 19.5. The lowest BCUT2D eigenvalue weighted by Crippen LogP contribution is -2.39. The van der Waals surface area contributed by atoms with Gasteiger partial charge < -0.3 is 9.64 Å². The predicted octanol–water partition coefficient (Wildman–Crippen LogP) is 1.12. The highest BCUT2D eigenvalue weighted by atomic mass is 16.5. The topological polar surface area (TPSA) is 12.5 Å². The molecule has 0 N–H and O–H groups in total. The second-order valence-electron chi connectivity index (χ2n) is 3.11. The van der Waals surface area contributed by atoms with Crippen LogP contribution in [0.4, 0.5) is 0 Å². The van der Waals surface area contributed by atoms with Crippen LogP contribution < -0.4 is 0 Å². The van der Waals surface area contributed by atoms with Gasteiger partial charge in [-0.05, 0) is 33.4 Å². The van der Waals surface area contributed by atoms with Crippen molar-refractivity contribution < 1.29 is 4.74 Å². The molecule has 2 heteroatoms. The Bertz CT molecular complexity index is 89.3. The second kappa shape index (κ2) is 3.94. The number of nitrogens with zero attached hydrogens (tertiary/aromatic N) is 1. The van der Waals surface area contributed by atoms with Gasteiger partial charge in [0.15, 0.2) is 0 Å². The quantitative estimate of drug-likeness (QED) is 0.584. The smallest absolute Gasteiger partial charge is 0.0596 e. The number of rotatable bonds is 4. The van der Waals surface area contributed by atoms with E-state index >= 15 is 0 Å². The molecule has 1 fully saturated rings. The maximum atomic E-state index is 5.41. The lowest BCUT2D eigenvalue weighted by Gasteiger charge is -2.30. The highest BCUT2D eigenvalue weighted by Crippen LogP contribution is 2.04. The molecule has 1 aliphatic heterocycles. The summed E-state index contributed by atoms with van der Waals surface area (Å²) >= 11 is 0. The first-order chi connectivity index (χ1) is 4.79. The fourth-order valence-electron chi connectivity index (χ4n) is 1.02. The largest absolute Gasteiger partial charge is 0.377 e. The number of hydrogen-bond acceptors (Lipinski definition) is 2. The summed E-state index contributed by atoms with van der Waals surface area (Å²) in [6.07, 6.45) is 1.77. The fourth-order valence-corrected chi connectivity index (χ4v) is 1.02. The molecule has 0 radical (unpaired) electrons. The van der Waals surface area contributed by atoms with E-state index in [1.165, 1.54) is 19.5 Å². The van der Waals surface area contributed by atoms with Crippen LogP contribution in [0.2, 0.25) is 0 Å². The number of hydrogen-bond donors (Lipinski definition) is 0. The zero-order valence-corrected chi connectivity index (χ0v) is 6.97. The van der Waals surface area contributed by atoms with Crippen LogP contribution in [-0.2, 0) is 4.74 Å². The molecule has 0 aromatic carbocycles. The van der Waals surface area contributed by atoms with Gasteiger partial charge in [-0.15, -0.1) is 0 Å². The Balaban J connectivity index is 1.85. The van der Waals surface area contributed by atoms with Crippen LogP contribution in [0.15, 0.2) is 0 Å². The first kappa shape index (κ1) is 8.02. The van der Waals surface area contributed by atoms with E-state index in [1.54, 1.807) is 0 Å². The summed E-state index contributed by atoms with van der Waals surface area (Å²) in [7, 11) is 0. The number of likely N-dealkylation sites (tertiary alicyclic amines) is 1. The lowest BCUT2D eigenvalue weighted by molar-refractivity contribution is 0.0451. The molecule has 0 spiro atoms. The van der Waals surface area contributed by atoms with Crippen LogP contribution in [0.25, 0.3) is 0 Å². The highest BCUT2D eigenvalue weighted by molar-refractivity contribution is 4.67. The maximum absolute atomic E-state index is 5.41. The summed E-state index contributed by atoms with van der Waals surface area (Å²) in [5.41, 5.74) is 0. The van der Waals surface area contributed by atoms with Gasteiger partial charge in [-0.1, -0.05) is 0 Å². The third-order valence-corrected chi connectivity index (χ3v) is 1.81. The summed E-state index contributed by atoms with van der Waals surface area (Å²) in [6.45, 7) is 8.74. The summed E-state index contributed by atoms with van der Waals surface area (Å²) in [6, 6.07) is 0. The van der Waals surface area contributed by atoms with Crippen LogP contribution >= 0.6 is 0 Å². The molecule has 0 saturated carbocycles. The molecule has 10 heavy (non-hydrogen) atoms. The van der Waals surface area contributed by atoms with E-state index in [9.17, 15) is 0 Å². The Kier molecular flexibility index (Phi) is 3.16. The van der Waals surface area contributed by atoms with Gasteiger partial charge in [0, 0.05) is 6.54 Å². The van der Waals surface area contributed by atoms with Crippen molar-refractivity contribution >= 4 is 0 Å². The van der Waals surface area contributed by atoms with Crippen molar-refractivity contribution in [2.75, 3.05) is 26.2 Å². The second-order valence-corrected chi connectivity index (χ2v) is 3.11. The molecule has 60 valence electrons. The Morgan fingerprint density at radius 3 is 2.50 bits per heavy atom. The van der Waals surface area contributed by atoms with E-state index in [1.807, 2.05) is 0 Å². The number of ether oxygens (including phenoxy) is 1. The van der Waals surface area contributed by atoms with Crippen molar-refractivity contribution in [2.24, 2.45) is 0 Å². The SMILES string of the molecule is CC(C)OCCN1CCC1. The molecule has 0 bridgehead atoms. The third-order valence-electron chi connectivity index (χ3n) is 1.81. The molecule has 2 nitrogen and oxygen atoms in total. The minimum absolute atomic E-state index is 0.390. The molecular weight excluding hydrogens is 126 g/mol. The van der Waals surface area contributed by atoms with Gasteiger partial charge in [0.2, 0.25) is 0 Å². The molecule has 0 amide bonds. The van der Waals surface area contributed by atoms with E-state index in [0.29, 0.717) is 6.10 Å². The summed E-state index contributed by atoms with van der Waals surface area (Å²) in [4.78, 5) is 2.42. The van der Waals surface area contributed by atoms with Gasteiger partial charge in [0.05, 0.1) is 12.7 Å². The van der Waals surface area contributed by atoms with Gasteiger partial charge in [-0.2, -0.15) is 0 Å². The van der Waals surface area contributed by atoms with Gasteiger partial charge in [-0.3, -0.25) is 0 Å². The van der Waals surface area contributed by atoms with Crippen molar-refractivity contribution in [3.8, 4) is 0 Å². The Labute approximate surface area is 63.2 Å². The van der Waals surface area contributed by atoms with E-state index in [0.717, 1.165) is 13.2 Å². The predicted molar refractivity (Wildman–Crippen MR) is 42.1 cm³/mol. The van der Waals surface area contributed by atoms with Crippen molar-refractivity contribution in [2.45, 2.75) is 26.4 Å². The zero-order valence-electron chi connectivity index (χ0n) is 6.97. The standard InChI is InChI=1S/C8H17NO/c1-8(2)10-7-6-9-4-3-5-9/h8H,3-7H2,1-2H3. The van der Waals surface area contributed by atoms with Crippen molar-refractivity contribution in [1.29, 1.82) is 0 Å². The van der Waals surface area contributed by atoms with Gasteiger partial charge in [0.25, 0.3) is 0 Å². The Morgan fingerprint density at radius 2 is 2.10 bits per heavy atom. The fraction of sp³-hybridized carbons (Fsp3) is 1.00. The minimum Gasteiger partial charge on any atom is -0.377 e. The summed E-state index contributed by atoms with van der Waals surface area (Å²) < 4.78 is 5.41. The van der Waals surface area contributed by atoms with Crippen molar-refractivity contribution in [3.05, 3.63) is 0 Å². The minimum atomic E-state index is 0.390. The van der Waals surface area contributed by atoms with Crippen LogP contribution in [0.3, 0.4) is 0 Å². The van der Waals surface area contributed by atoms with Crippen LogP contribution in [0, 0.1) is 0 Å². The van der Waals surface area contributed by atoms with Crippen molar-refractivity contribution in [1.82, 2.24) is 4.90 Å². The average Bonchev–Trinajstić information content (AvgIpc) is 1.75. The molecule has 0 atom stereocenters. The van der Waals surface area contributed by atoms with Gasteiger partial charge in [0.1, 0.15) is 0 Å². The molecule has 1 aliphatic rings. The molecule has 0 aromatic rings. The Morgan fingerprint density at radius 1 is 1.40 bits per heavy atom. The maximum Gasteiger partial charge on any atom is 0.0596 e. The summed E-state index contributed by atoms with van der Waals surface area (Å²) in [5, 5.41) is 0. The molecule has 1 rings (SSSR count). The first-order valence-electron chi connectivity index (χ1n) is 4.13. The van der Waals surface area contributed by atoms with Crippen molar-refractivity contribution in [3.63, 3.8) is 0 Å². The molecule has 0 aromatic heterocycles. The monoisotopic (exact) mass is 143 g/mol. The van der Waals surface area contributed by atoms with Gasteiger partial charge in [-0.25, -0.2) is 0 Å². The zero-order chi connectivity index (χ0) is 7.40. The highest BCUT2D eigenvalue weighted by Gasteiger charge is 2.12.